The summed E-state index contributed by atoms with van der Waals surface area (Å²) in [7, 11) is 0. The fourth-order valence-electron chi connectivity index (χ4n) is 2.27. The zero-order valence-corrected chi connectivity index (χ0v) is 11.2. The van der Waals surface area contributed by atoms with E-state index in [0.29, 0.717) is 4.75 Å². The number of thioether (sulfide) groups is 1. The predicted molar refractivity (Wildman–Crippen MR) is 69.9 cm³/mol. The van der Waals surface area contributed by atoms with Crippen molar-refractivity contribution < 1.29 is 0 Å². The lowest BCUT2D eigenvalue weighted by Crippen LogP contribution is -2.43. The Balaban J connectivity index is 1.84. The molecule has 0 aromatic carbocycles. The normalized spacial score (nSPS) is 18.4. The van der Waals surface area contributed by atoms with Crippen molar-refractivity contribution in [2.75, 3.05) is 12.8 Å². The van der Waals surface area contributed by atoms with Crippen molar-refractivity contribution in [2.45, 2.75) is 44.4 Å². The van der Waals surface area contributed by atoms with E-state index in [1.807, 2.05) is 11.8 Å². The number of nitrogens with one attached hydrogen (secondary N) is 2. The Morgan fingerprint density at radius 1 is 1.44 bits per heavy atom. The van der Waals surface area contributed by atoms with Gasteiger partial charge >= 0.3 is 0 Å². The average Bonchev–Trinajstić information content (AvgIpc) is 2.53. The van der Waals surface area contributed by atoms with Gasteiger partial charge in [-0.25, -0.2) is 0 Å². The minimum Gasteiger partial charge on any atom is -0.311 e. The molecule has 1 aliphatic rings. The second kappa shape index (κ2) is 4.80. The lowest BCUT2D eigenvalue weighted by molar-refractivity contribution is 0.345. The molecule has 4 heteroatoms. The van der Waals surface area contributed by atoms with Crippen LogP contribution in [0.3, 0.4) is 0 Å². The first-order valence-electron chi connectivity index (χ1n) is 5.93. The highest BCUT2D eigenvalue weighted by atomic mass is 32.2. The van der Waals surface area contributed by atoms with Gasteiger partial charge in [-0.05, 0) is 32.9 Å². The van der Waals surface area contributed by atoms with E-state index in [4.69, 9.17) is 0 Å². The van der Waals surface area contributed by atoms with Crippen LogP contribution >= 0.6 is 11.8 Å². The van der Waals surface area contributed by atoms with E-state index in [-0.39, 0.29) is 0 Å². The summed E-state index contributed by atoms with van der Waals surface area (Å²) in [6.45, 7) is 6.22. The summed E-state index contributed by atoms with van der Waals surface area (Å²) in [5.41, 5.74) is 3.64. The number of aryl methyl sites for hydroxylation is 2. The summed E-state index contributed by atoms with van der Waals surface area (Å²) < 4.78 is 0.519. The Bertz CT molecular complexity index is 330. The summed E-state index contributed by atoms with van der Waals surface area (Å²) in [5, 5.41) is 10.8. The Kier molecular flexibility index (Phi) is 3.60. The second-order valence-electron chi connectivity index (χ2n) is 4.76. The molecule has 0 aliphatic heterocycles. The van der Waals surface area contributed by atoms with Crippen molar-refractivity contribution in [2.24, 2.45) is 0 Å². The van der Waals surface area contributed by atoms with Gasteiger partial charge < -0.3 is 5.32 Å². The van der Waals surface area contributed by atoms with Crippen LogP contribution in [0.15, 0.2) is 0 Å². The first kappa shape index (κ1) is 12.0. The van der Waals surface area contributed by atoms with Crippen LogP contribution in [0.4, 0.5) is 0 Å². The zero-order valence-electron chi connectivity index (χ0n) is 10.4. The molecule has 1 aromatic heterocycles. The number of aromatic amines is 1. The standard InChI is InChI=1S/C12H21N3S/c1-9-11(10(2)15-14-9)7-13-8-12(16-3)5-4-6-12/h13H,4-8H2,1-3H3,(H,14,15). The molecular weight excluding hydrogens is 218 g/mol. The predicted octanol–water partition coefficient (Wildman–Crippen LogP) is 2.40. The molecule has 90 valence electrons. The lowest BCUT2D eigenvalue weighted by atomic mass is 9.84. The van der Waals surface area contributed by atoms with Gasteiger partial charge in [0.2, 0.25) is 0 Å². The number of rotatable bonds is 5. The summed E-state index contributed by atoms with van der Waals surface area (Å²) >= 11 is 2.02. The first-order chi connectivity index (χ1) is 7.67. The molecule has 1 heterocycles. The molecule has 16 heavy (non-hydrogen) atoms. The molecule has 0 unspecified atom stereocenters. The van der Waals surface area contributed by atoms with Gasteiger partial charge in [-0.15, -0.1) is 0 Å². The number of H-pyrrole nitrogens is 1. The Morgan fingerprint density at radius 2 is 2.19 bits per heavy atom. The van der Waals surface area contributed by atoms with Crippen LogP contribution in [0.25, 0.3) is 0 Å². The maximum Gasteiger partial charge on any atom is 0.0638 e. The quantitative estimate of drug-likeness (QED) is 0.829. The van der Waals surface area contributed by atoms with Crippen molar-refractivity contribution in [1.29, 1.82) is 0 Å². The highest BCUT2D eigenvalue weighted by Crippen LogP contribution is 2.42. The van der Waals surface area contributed by atoms with Gasteiger partial charge in [0, 0.05) is 29.1 Å². The van der Waals surface area contributed by atoms with E-state index in [9.17, 15) is 0 Å². The summed E-state index contributed by atoms with van der Waals surface area (Å²) in [6, 6.07) is 0. The summed E-state index contributed by atoms with van der Waals surface area (Å²) in [5.74, 6) is 0. The van der Waals surface area contributed by atoms with Crippen LogP contribution in [0, 0.1) is 13.8 Å². The molecule has 0 spiro atoms. The van der Waals surface area contributed by atoms with Crippen LogP contribution in [0.1, 0.15) is 36.2 Å². The van der Waals surface area contributed by atoms with Gasteiger partial charge in [0.15, 0.2) is 0 Å². The van der Waals surface area contributed by atoms with Crippen LogP contribution in [-0.2, 0) is 6.54 Å². The minimum atomic E-state index is 0.519. The molecule has 1 aromatic rings. The van der Waals surface area contributed by atoms with Crippen LogP contribution in [0.2, 0.25) is 0 Å². The number of hydrogen-bond acceptors (Lipinski definition) is 3. The van der Waals surface area contributed by atoms with E-state index in [2.05, 4.69) is 35.6 Å². The topological polar surface area (TPSA) is 40.7 Å². The van der Waals surface area contributed by atoms with Crippen molar-refractivity contribution in [3.05, 3.63) is 17.0 Å². The zero-order chi connectivity index (χ0) is 11.6. The largest absolute Gasteiger partial charge is 0.311 e. The Labute approximate surface area is 102 Å². The second-order valence-corrected chi connectivity index (χ2v) is 6.03. The van der Waals surface area contributed by atoms with Crippen LogP contribution in [-0.4, -0.2) is 27.7 Å². The highest BCUT2D eigenvalue weighted by molar-refractivity contribution is 8.00. The van der Waals surface area contributed by atoms with Crippen LogP contribution in [0.5, 0.6) is 0 Å². The van der Waals surface area contributed by atoms with Crippen molar-refractivity contribution in [3.8, 4) is 0 Å². The maximum atomic E-state index is 4.22. The molecule has 3 nitrogen and oxygen atoms in total. The van der Waals surface area contributed by atoms with Gasteiger partial charge in [-0.2, -0.15) is 16.9 Å². The molecule has 0 amide bonds. The third-order valence-corrected chi connectivity index (χ3v) is 5.15. The van der Waals surface area contributed by atoms with Gasteiger partial charge in [0.05, 0.1) is 5.69 Å². The third kappa shape index (κ3) is 2.28. The van der Waals surface area contributed by atoms with Gasteiger partial charge in [0.1, 0.15) is 0 Å². The van der Waals surface area contributed by atoms with Crippen molar-refractivity contribution in [1.82, 2.24) is 15.5 Å². The Morgan fingerprint density at radius 3 is 2.62 bits per heavy atom. The first-order valence-corrected chi connectivity index (χ1v) is 7.16. The fraction of sp³-hybridized carbons (Fsp3) is 0.750. The van der Waals surface area contributed by atoms with Gasteiger partial charge in [0.25, 0.3) is 0 Å². The minimum absolute atomic E-state index is 0.519. The average molecular weight is 239 g/mol. The molecule has 0 atom stereocenters. The monoisotopic (exact) mass is 239 g/mol. The molecular formula is C12H21N3S. The van der Waals surface area contributed by atoms with Crippen LogP contribution < -0.4 is 5.32 Å². The Hall–Kier alpha value is -0.480. The number of aromatic nitrogens is 2. The SMILES string of the molecule is CSC1(CNCc2c(C)n[nH]c2C)CCC1. The van der Waals surface area contributed by atoms with E-state index in [1.54, 1.807) is 0 Å². The van der Waals surface area contributed by atoms with Gasteiger partial charge in [-0.3, -0.25) is 5.10 Å². The van der Waals surface area contributed by atoms with Crippen molar-refractivity contribution >= 4 is 11.8 Å². The third-order valence-electron chi connectivity index (χ3n) is 3.73. The van der Waals surface area contributed by atoms with E-state index < -0.39 is 0 Å². The van der Waals surface area contributed by atoms with E-state index >= 15 is 0 Å². The molecule has 0 bridgehead atoms. The lowest BCUT2D eigenvalue weighted by Gasteiger charge is -2.40. The molecule has 2 rings (SSSR count). The highest BCUT2D eigenvalue weighted by Gasteiger charge is 2.35. The number of hydrogen-bond donors (Lipinski definition) is 2. The van der Waals surface area contributed by atoms with E-state index in [1.165, 1.54) is 30.5 Å². The summed E-state index contributed by atoms with van der Waals surface area (Å²) in [6.07, 6.45) is 6.36. The number of nitrogens with zero attached hydrogens (tertiary/aromatic N) is 1. The smallest absolute Gasteiger partial charge is 0.0638 e. The summed E-state index contributed by atoms with van der Waals surface area (Å²) in [4.78, 5) is 0. The fourth-order valence-corrected chi connectivity index (χ4v) is 3.22. The molecule has 1 fully saturated rings. The molecule has 0 saturated heterocycles. The van der Waals surface area contributed by atoms with Crippen molar-refractivity contribution in [3.63, 3.8) is 0 Å². The molecule has 0 radical (unpaired) electrons. The molecule has 1 saturated carbocycles. The molecule has 1 aliphatic carbocycles. The maximum absolute atomic E-state index is 4.22. The van der Waals surface area contributed by atoms with E-state index in [0.717, 1.165) is 18.8 Å². The van der Waals surface area contributed by atoms with Gasteiger partial charge in [-0.1, -0.05) is 6.42 Å². The molecule has 2 N–H and O–H groups in total.